The first-order valence-electron chi connectivity index (χ1n) is 7.47. The Bertz CT molecular complexity index is 500. The molecule has 0 spiro atoms. The summed E-state index contributed by atoms with van der Waals surface area (Å²) in [6, 6.07) is 9.48. The van der Waals surface area contributed by atoms with Gasteiger partial charge in [-0.05, 0) is 30.4 Å². The molecule has 2 unspecified atom stereocenters. The zero-order valence-corrected chi connectivity index (χ0v) is 12.9. The minimum absolute atomic E-state index is 0.268. The Kier molecular flexibility index (Phi) is 4.96. The zero-order chi connectivity index (χ0) is 14.5. The Morgan fingerprint density at radius 2 is 1.75 bits per heavy atom. The Labute approximate surface area is 121 Å². The molecule has 20 heavy (non-hydrogen) atoms. The van der Waals surface area contributed by atoms with Crippen LogP contribution < -0.4 is 5.32 Å². The van der Waals surface area contributed by atoms with Crippen molar-refractivity contribution in [3.8, 4) is 0 Å². The molecular formula is C17H25N3. The van der Waals surface area contributed by atoms with E-state index in [0.29, 0.717) is 12.0 Å². The monoisotopic (exact) mass is 271 g/mol. The van der Waals surface area contributed by atoms with Crippen molar-refractivity contribution in [1.82, 2.24) is 15.3 Å². The van der Waals surface area contributed by atoms with Gasteiger partial charge >= 0.3 is 0 Å². The van der Waals surface area contributed by atoms with Crippen molar-refractivity contribution in [3.63, 3.8) is 0 Å². The molecule has 2 aromatic rings. The Hall–Kier alpha value is -1.61. The van der Waals surface area contributed by atoms with Gasteiger partial charge < -0.3 is 10.3 Å². The smallest absolute Gasteiger partial charge is 0.123 e. The van der Waals surface area contributed by atoms with Crippen molar-refractivity contribution < 1.29 is 0 Å². The maximum atomic E-state index is 4.35. The minimum Gasteiger partial charge on any atom is -0.347 e. The topological polar surface area (TPSA) is 40.7 Å². The summed E-state index contributed by atoms with van der Waals surface area (Å²) in [5.41, 5.74) is 2.71. The number of aromatic amines is 1. The molecule has 108 valence electrons. The van der Waals surface area contributed by atoms with E-state index in [-0.39, 0.29) is 6.04 Å². The van der Waals surface area contributed by atoms with Gasteiger partial charge in [-0.15, -0.1) is 0 Å². The summed E-state index contributed by atoms with van der Waals surface area (Å²) in [5.74, 6) is 1.59. The van der Waals surface area contributed by atoms with Crippen molar-refractivity contribution in [3.05, 3.63) is 53.6 Å². The standard InChI is InChI=1S/C17H25N3/c1-5-16(17-18-10-11-19-17)20-13(4)15-8-6-14(7-9-15)12(2)3/h6-13,16,20H,5H2,1-4H3,(H,18,19). The fourth-order valence-electron chi connectivity index (χ4n) is 2.43. The molecule has 1 heterocycles. The van der Waals surface area contributed by atoms with Gasteiger partial charge in [-0.3, -0.25) is 0 Å². The van der Waals surface area contributed by atoms with Gasteiger partial charge in [-0.2, -0.15) is 0 Å². The summed E-state index contributed by atoms with van der Waals surface area (Å²) in [5, 5.41) is 3.64. The number of hydrogen-bond donors (Lipinski definition) is 2. The minimum atomic E-state index is 0.268. The van der Waals surface area contributed by atoms with Crippen LogP contribution in [0.2, 0.25) is 0 Å². The van der Waals surface area contributed by atoms with Crippen LogP contribution in [0.5, 0.6) is 0 Å². The number of nitrogens with one attached hydrogen (secondary N) is 2. The summed E-state index contributed by atoms with van der Waals surface area (Å²) >= 11 is 0. The summed E-state index contributed by atoms with van der Waals surface area (Å²) < 4.78 is 0. The highest BCUT2D eigenvalue weighted by molar-refractivity contribution is 5.26. The van der Waals surface area contributed by atoms with Gasteiger partial charge in [0.25, 0.3) is 0 Å². The van der Waals surface area contributed by atoms with Crippen LogP contribution in [0.3, 0.4) is 0 Å². The molecule has 1 aromatic carbocycles. The van der Waals surface area contributed by atoms with E-state index < -0.39 is 0 Å². The summed E-state index contributed by atoms with van der Waals surface area (Å²) in [6.07, 6.45) is 4.70. The zero-order valence-electron chi connectivity index (χ0n) is 12.9. The molecule has 0 bridgehead atoms. The second kappa shape index (κ2) is 6.71. The van der Waals surface area contributed by atoms with Crippen molar-refractivity contribution >= 4 is 0 Å². The van der Waals surface area contributed by atoms with E-state index in [9.17, 15) is 0 Å². The van der Waals surface area contributed by atoms with E-state index in [1.54, 1.807) is 0 Å². The second-order valence-electron chi connectivity index (χ2n) is 5.64. The summed E-state index contributed by atoms with van der Waals surface area (Å²) in [4.78, 5) is 7.55. The Morgan fingerprint density at radius 3 is 2.25 bits per heavy atom. The van der Waals surface area contributed by atoms with Crippen LogP contribution in [0, 0.1) is 0 Å². The maximum Gasteiger partial charge on any atom is 0.123 e. The molecule has 0 aliphatic carbocycles. The molecule has 2 N–H and O–H groups in total. The van der Waals surface area contributed by atoms with Gasteiger partial charge in [0.15, 0.2) is 0 Å². The molecule has 1 aromatic heterocycles. The molecule has 2 rings (SSSR count). The lowest BCUT2D eigenvalue weighted by molar-refractivity contribution is 0.441. The lowest BCUT2D eigenvalue weighted by atomic mass is 9.99. The van der Waals surface area contributed by atoms with Crippen LogP contribution in [-0.4, -0.2) is 9.97 Å². The van der Waals surface area contributed by atoms with Gasteiger partial charge in [0.2, 0.25) is 0 Å². The number of nitrogens with zero attached hydrogens (tertiary/aromatic N) is 1. The van der Waals surface area contributed by atoms with Crippen LogP contribution in [-0.2, 0) is 0 Å². The second-order valence-corrected chi connectivity index (χ2v) is 5.64. The summed E-state index contributed by atoms with van der Waals surface area (Å²) in [6.45, 7) is 8.83. The maximum absolute atomic E-state index is 4.35. The first kappa shape index (κ1) is 14.8. The number of hydrogen-bond acceptors (Lipinski definition) is 2. The molecule has 0 amide bonds. The van der Waals surface area contributed by atoms with Crippen LogP contribution >= 0.6 is 0 Å². The van der Waals surface area contributed by atoms with Gasteiger partial charge in [0.05, 0.1) is 6.04 Å². The van der Waals surface area contributed by atoms with Gasteiger partial charge in [-0.25, -0.2) is 4.98 Å². The molecule has 0 fully saturated rings. The fourth-order valence-corrected chi connectivity index (χ4v) is 2.43. The largest absolute Gasteiger partial charge is 0.347 e. The van der Waals surface area contributed by atoms with Gasteiger partial charge in [0, 0.05) is 18.4 Å². The predicted molar refractivity (Wildman–Crippen MR) is 83.7 cm³/mol. The molecule has 2 atom stereocenters. The molecule has 3 heteroatoms. The van der Waals surface area contributed by atoms with E-state index in [0.717, 1.165) is 12.2 Å². The number of imidazole rings is 1. The van der Waals surface area contributed by atoms with E-state index >= 15 is 0 Å². The highest BCUT2D eigenvalue weighted by atomic mass is 15.0. The fraction of sp³-hybridized carbons (Fsp3) is 0.471. The number of H-pyrrole nitrogens is 1. The lowest BCUT2D eigenvalue weighted by Crippen LogP contribution is -2.25. The van der Waals surface area contributed by atoms with Crippen molar-refractivity contribution in [2.45, 2.75) is 52.1 Å². The highest BCUT2D eigenvalue weighted by Crippen LogP contribution is 2.22. The van der Waals surface area contributed by atoms with Gasteiger partial charge in [0.1, 0.15) is 5.82 Å². The summed E-state index contributed by atoms with van der Waals surface area (Å²) in [7, 11) is 0. The quantitative estimate of drug-likeness (QED) is 0.820. The lowest BCUT2D eigenvalue weighted by Gasteiger charge is -2.21. The van der Waals surface area contributed by atoms with Crippen LogP contribution in [0.25, 0.3) is 0 Å². The van der Waals surface area contributed by atoms with E-state index in [1.807, 2.05) is 12.4 Å². The third-order valence-electron chi connectivity index (χ3n) is 3.81. The Morgan fingerprint density at radius 1 is 1.10 bits per heavy atom. The van der Waals surface area contributed by atoms with Crippen LogP contribution in [0.15, 0.2) is 36.7 Å². The SMILES string of the molecule is CCC(NC(C)c1ccc(C(C)C)cc1)c1ncc[nH]1. The first-order valence-corrected chi connectivity index (χ1v) is 7.47. The normalized spacial score (nSPS) is 14.4. The van der Waals surface area contributed by atoms with E-state index in [2.05, 4.69) is 67.2 Å². The molecule has 3 nitrogen and oxygen atoms in total. The van der Waals surface area contributed by atoms with Crippen LogP contribution in [0.4, 0.5) is 0 Å². The van der Waals surface area contributed by atoms with E-state index in [1.165, 1.54) is 11.1 Å². The molecule has 0 saturated carbocycles. The van der Waals surface area contributed by atoms with Crippen molar-refractivity contribution in [2.75, 3.05) is 0 Å². The molecule has 0 aliphatic heterocycles. The number of benzene rings is 1. The number of rotatable bonds is 6. The molecule has 0 aliphatic rings. The Balaban J connectivity index is 2.05. The van der Waals surface area contributed by atoms with Crippen molar-refractivity contribution in [1.29, 1.82) is 0 Å². The van der Waals surface area contributed by atoms with E-state index in [4.69, 9.17) is 0 Å². The van der Waals surface area contributed by atoms with Crippen LogP contribution in [0.1, 0.15) is 69.1 Å². The first-order chi connectivity index (χ1) is 9.61. The number of aromatic nitrogens is 2. The van der Waals surface area contributed by atoms with Crippen molar-refractivity contribution in [2.24, 2.45) is 0 Å². The van der Waals surface area contributed by atoms with Gasteiger partial charge in [-0.1, -0.05) is 45.0 Å². The molecule has 0 radical (unpaired) electrons. The predicted octanol–water partition coefficient (Wildman–Crippen LogP) is 4.34. The third kappa shape index (κ3) is 3.48. The molecular weight excluding hydrogens is 246 g/mol. The average molecular weight is 271 g/mol. The highest BCUT2D eigenvalue weighted by Gasteiger charge is 2.15. The third-order valence-corrected chi connectivity index (χ3v) is 3.81. The average Bonchev–Trinajstić information content (AvgIpc) is 2.98. The molecule has 0 saturated heterocycles.